The van der Waals surface area contributed by atoms with E-state index < -0.39 is 0 Å². The van der Waals surface area contributed by atoms with E-state index >= 15 is 0 Å². The van der Waals surface area contributed by atoms with Gasteiger partial charge in [-0.2, -0.15) is 0 Å². The Morgan fingerprint density at radius 2 is 2.15 bits per heavy atom. The summed E-state index contributed by atoms with van der Waals surface area (Å²) in [6, 6.07) is 5.07. The van der Waals surface area contributed by atoms with Crippen LogP contribution in [0.1, 0.15) is 38.7 Å². The maximum Gasteiger partial charge on any atom is 0.125 e. The molecule has 3 nitrogen and oxygen atoms in total. The molecular weight excluding hydrogens is 253 g/mol. The molecule has 1 aromatic carbocycles. The lowest BCUT2D eigenvalue weighted by atomic mass is 9.86. The first kappa shape index (κ1) is 14.8. The number of nitrogens with zero attached hydrogens (tertiary/aromatic N) is 1. The van der Waals surface area contributed by atoms with E-state index in [4.69, 9.17) is 11.1 Å². The Morgan fingerprint density at radius 1 is 1.40 bits per heavy atom. The summed E-state index contributed by atoms with van der Waals surface area (Å²) >= 11 is 0. The number of unbranched alkanes of at least 4 members (excludes halogenated alkanes) is 1. The summed E-state index contributed by atoms with van der Waals surface area (Å²) in [7, 11) is 0. The molecule has 0 aliphatic carbocycles. The second-order valence-corrected chi connectivity index (χ2v) is 6.26. The van der Waals surface area contributed by atoms with E-state index in [1.165, 1.54) is 11.6 Å². The molecular formula is C16H24FN3. The van der Waals surface area contributed by atoms with Gasteiger partial charge in [-0.05, 0) is 37.0 Å². The lowest BCUT2D eigenvalue weighted by Crippen LogP contribution is -2.31. The highest BCUT2D eigenvalue weighted by Crippen LogP contribution is 2.29. The van der Waals surface area contributed by atoms with Gasteiger partial charge in [0.15, 0.2) is 0 Å². The van der Waals surface area contributed by atoms with Gasteiger partial charge in [0.1, 0.15) is 5.82 Å². The van der Waals surface area contributed by atoms with Crippen LogP contribution in [0.5, 0.6) is 0 Å². The summed E-state index contributed by atoms with van der Waals surface area (Å²) in [5, 5.41) is 7.55. The maximum atomic E-state index is 13.3. The van der Waals surface area contributed by atoms with Crippen molar-refractivity contribution in [3.05, 3.63) is 29.6 Å². The van der Waals surface area contributed by atoms with Gasteiger partial charge in [0.25, 0.3) is 0 Å². The zero-order chi connectivity index (χ0) is 14.8. The molecule has 1 aliphatic rings. The van der Waals surface area contributed by atoms with Crippen LogP contribution >= 0.6 is 0 Å². The Kier molecular flexibility index (Phi) is 4.31. The number of amidine groups is 1. The highest BCUT2D eigenvalue weighted by Gasteiger charge is 2.22. The van der Waals surface area contributed by atoms with Crippen LogP contribution in [0.3, 0.4) is 0 Å². The average molecular weight is 277 g/mol. The van der Waals surface area contributed by atoms with Crippen LogP contribution in [-0.4, -0.2) is 18.9 Å². The predicted molar refractivity (Wildman–Crippen MR) is 81.9 cm³/mol. The molecule has 0 radical (unpaired) electrons. The maximum absolute atomic E-state index is 13.3. The minimum Gasteiger partial charge on any atom is -0.387 e. The normalized spacial score (nSPS) is 14.4. The van der Waals surface area contributed by atoms with Crippen LogP contribution < -0.4 is 10.6 Å². The third-order valence-electron chi connectivity index (χ3n) is 4.25. The van der Waals surface area contributed by atoms with Gasteiger partial charge in [0.05, 0.1) is 5.84 Å². The topological polar surface area (TPSA) is 53.1 Å². The van der Waals surface area contributed by atoms with E-state index in [1.807, 2.05) is 19.9 Å². The summed E-state index contributed by atoms with van der Waals surface area (Å²) in [6.07, 6.45) is 4.02. The van der Waals surface area contributed by atoms with Crippen molar-refractivity contribution >= 4 is 11.5 Å². The van der Waals surface area contributed by atoms with Crippen LogP contribution in [0.2, 0.25) is 0 Å². The zero-order valence-electron chi connectivity index (χ0n) is 12.4. The molecule has 20 heavy (non-hydrogen) atoms. The van der Waals surface area contributed by atoms with Gasteiger partial charge in [-0.1, -0.05) is 26.3 Å². The van der Waals surface area contributed by atoms with Crippen LogP contribution in [0.4, 0.5) is 10.1 Å². The molecule has 110 valence electrons. The van der Waals surface area contributed by atoms with Gasteiger partial charge in [-0.3, -0.25) is 5.41 Å². The van der Waals surface area contributed by atoms with E-state index in [2.05, 4.69) is 4.90 Å². The summed E-state index contributed by atoms with van der Waals surface area (Å²) in [6.45, 7) is 5.95. The molecule has 0 amide bonds. The quantitative estimate of drug-likeness (QED) is 0.476. The van der Waals surface area contributed by atoms with Crippen molar-refractivity contribution in [1.82, 2.24) is 0 Å². The van der Waals surface area contributed by atoms with Crippen molar-refractivity contribution in [3.8, 4) is 0 Å². The average Bonchev–Trinajstić information content (AvgIpc) is 2.77. The molecule has 1 heterocycles. The lowest BCUT2D eigenvalue weighted by Gasteiger charge is -2.24. The molecule has 0 unspecified atom stereocenters. The molecule has 0 aromatic heterocycles. The molecule has 0 fully saturated rings. The first-order valence-electron chi connectivity index (χ1n) is 7.28. The molecule has 0 atom stereocenters. The Morgan fingerprint density at radius 3 is 2.85 bits per heavy atom. The molecule has 0 spiro atoms. The number of anilines is 1. The third kappa shape index (κ3) is 3.30. The largest absolute Gasteiger partial charge is 0.387 e. The Bertz CT molecular complexity index is 496. The van der Waals surface area contributed by atoms with Crippen molar-refractivity contribution in [1.29, 1.82) is 5.41 Å². The van der Waals surface area contributed by atoms with Crippen LogP contribution in [0, 0.1) is 16.6 Å². The molecule has 2 rings (SSSR count). The summed E-state index contributed by atoms with van der Waals surface area (Å²) in [5.41, 5.74) is 7.67. The second-order valence-electron chi connectivity index (χ2n) is 6.26. The van der Waals surface area contributed by atoms with E-state index in [0.717, 1.165) is 44.5 Å². The second kappa shape index (κ2) is 5.81. The first-order chi connectivity index (χ1) is 9.40. The van der Waals surface area contributed by atoms with E-state index in [0.29, 0.717) is 0 Å². The fourth-order valence-corrected chi connectivity index (χ4v) is 2.66. The Balaban J connectivity index is 1.83. The number of hydrogen-bond acceptors (Lipinski definition) is 2. The zero-order valence-corrected chi connectivity index (χ0v) is 12.4. The number of nitrogens with two attached hydrogens (primary N) is 1. The van der Waals surface area contributed by atoms with Gasteiger partial charge in [0, 0.05) is 24.2 Å². The molecule has 0 saturated heterocycles. The van der Waals surface area contributed by atoms with Crippen molar-refractivity contribution in [2.45, 2.75) is 39.5 Å². The summed E-state index contributed by atoms with van der Waals surface area (Å²) < 4.78 is 13.3. The van der Waals surface area contributed by atoms with E-state index in [-0.39, 0.29) is 17.1 Å². The van der Waals surface area contributed by atoms with E-state index in [1.54, 1.807) is 6.07 Å². The number of nitrogens with one attached hydrogen (secondary N) is 1. The predicted octanol–water partition coefficient (Wildman–Crippen LogP) is 3.32. The van der Waals surface area contributed by atoms with Gasteiger partial charge < -0.3 is 10.6 Å². The molecule has 1 aliphatic heterocycles. The third-order valence-corrected chi connectivity index (χ3v) is 4.25. The first-order valence-corrected chi connectivity index (χ1v) is 7.28. The van der Waals surface area contributed by atoms with Crippen molar-refractivity contribution < 1.29 is 4.39 Å². The van der Waals surface area contributed by atoms with Crippen molar-refractivity contribution in [2.75, 3.05) is 18.0 Å². The van der Waals surface area contributed by atoms with Crippen LogP contribution in [0.15, 0.2) is 18.2 Å². The number of rotatable bonds is 6. The van der Waals surface area contributed by atoms with Crippen molar-refractivity contribution in [3.63, 3.8) is 0 Å². The van der Waals surface area contributed by atoms with Gasteiger partial charge >= 0.3 is 0 Å². The van der Waals surface area contributed by atoms with Gasteiger partial charge in [-0.25, -0.2) is 4.39 Å². The monoisotopic (exact) mass is 277 g/mol. The minimum atomic E-state index is -0.213. The number of benzene rings is 1. The fourth-order valence-electron chi connectivity index (χ4n) is 2.66. The fraction of sp³-hybridized carbons (Fsp3) is 0.562. The molecule has 4 heteroatoms. The van der Waals surface area contributed by atoms with Gasteiger partial charge in [-0.15, -0.1) is 0 Å². The highest BCUT2D eigenvalue weighted by atomic mass is 19.1. The number of fused-ring (bicyclic) bond motifs is 1. The minimum absolute atomic E-state index is 0.159. The van der Waals surface area contributed by atoms with Crippen molar-refractivity contribution in [2.24, 2.45) is 11.1 Å². The van der Waals surface area contributed by atoms with Gasteiger partial charge in [0.2, 0.25) is 0 Å². The van der Waals surface area contributed by atoms with Crippen LogP contribution in [0.25, 0.3) is 0 Å². The standard InChI is InChI=1S/C16H24FN3/c1-16(2,15(18)19)8-3-4-9-20-10-7-12-5-6-13(17)11-14(12)20/h5-6,11H,3-4,7-10H2,1-2H3,(H3,18,19). The number of halogens is 1. The summed E-state index contributed by atoms with van der Waals surface area (Å²) in [4.78, 5) is 2.26. The number of hydrogen-bond donors (Lipinski definition) is 2. The molecule has 1 aromatic rings. The highest BCUT2D eigenvalue weighted by molar-refractivity contribution is 5.82. The Hall–Kier alpha value is -1.58. The smallest absolute Gasteiger partial charge is 0.125 e. The molecule has 0 saturated carbocycles. The SMILES string of the molecule is CC(C)(CCCCN1CCc2ccc(F)cc21)C(=N)N. The van der Waals surface area contributed by atoms with E-state index in [9.17, 15) is 4.39 Å². The molecule has 0 bridgehead atoms. The lowest BCUT2D eigenvalue weighted by molar-refractivity contribution is 0.442. The Labute approximate surface area is 120 Å². The van der Waals surface area contributed by atoms with Crippen LogP contribution in [-0.2, 0) is 6.42 Å². The molecule has 3 N–H and O–H groups in total. The summed E-state index contributed by atoms with van der Waals surface area (Å²) in [5.74, 6) is 0.0967.